The Balaban J connectivity index is 2.38. The van der Waals surface area contributed by atoms with Gasteiger partial charge in [-0.1, -0.05) is 18.2 Å². The van der Waals surface area contributed by atoms with Gasteiger partial charge in [0.15, 0.2) is 0 Å². The average molecular weight is 268 g/mol. The van der Waals surface area contributed by atoms with Crippen LogP contribution in [-0.2, 0) is 11.2 Å². The van der Waals surface area contributed by atoms with Gasteiger partial charge in [-0.2, -0.15) is 0 Å². The van der Waals surface area contributed by atoms with Gasteiger partial charge in [0.1, 0.15) is 16.7 Å². The van der Waals surface area contributed by atoms with Crippen LogP contribution in [0.1, 0.15) is 30.4 Å². The summed E-state index contributed by atoms with van der Waals surface area (Å²) in [5.41, 5.74) is 1.66. The van der Waals surface area contributed by atoms with Gasteiger partial charge in [-0.3, -0.25) is 4.79 Å². The number of nitrogens with zero attached hydrogens (tertiary/aromatic N) is 1. The van der Waals surface area contributed by atoms with Crippen LogP contribution in [-0.4, -0.2) is 30.5 Å². The Morgan fingerprint density at radius 3 is 2.72 bits per heavy atom. The van der Waals surface area contributed by atoms with Crippen molar-refractivity contribution in [3.63, 3.8) is 0 Å². The summed E-state index contributed by atoms with van der Waals surface area (Å²) < 4.78 is 5.92. The van der Waals surface area contributed by atoms with Crippen LogP contribution in [0.4, 0.5) is 0 Å². The summed E-state index contributed by atoms with van der Waals surface area (Å²) in [6.07, 6.45) is 0.843. The zero-order valence-corrected chi connectivity index (χ0v) is 11.9. The van der Waals surface area contributed by atoms with Gasteiger partial charge in [-0.05, 0) is 19.4 Å². The van der Waals surface area contributed by atoms with Crippen molar-refractivity contribution in [2.24, 2.45) is 0 Å². The van der Waals surface area contributed by atoms with Crippen molar-refractivity contribution in [3.05, 3.63) is 29.3 Å². The SMILES string of the molecule is CN(C)C(=O)C(Cl)c1cccc2c1OC(C)(C)C2. The van der Waals surface area contributed by atoms with Crippen LogP contribution in [0.25, 0.3) is 0 Å². The van der Waals surface area contributed by atoms with Gasteiger partial charge in [0, 0.05) is 26.1 Å². The molecule has 0 aliphatic carbocycles. The topological polar surface area (TPSA) is 29.5 Å². The second kappa shape index (κ2) is 4.47. The lowest BCUT2D eigenvalue weighted by atomic mass is 9.99. The molecule has 1 amide bonds. The lowest BCUT2D eigenvalue weighted by Crippen LogP contribution is -2.27. The van der Waals surface area contributed by atoms with Gasteiger partial charge in [0.2, 0.25) is 5.91 Å². The number of amides is 1. The van der Waals surface area contributed by atoms with E-state index >= 15 is 0 Å². The van der Waals surface area contributed by atoms with Crippen molar-refractivity contribution in [2.75, 3.05) is 14.1 Å². The highest BCUT2D eigenvalue weighted by Gasteiger charge is 2.34. The third-order valence-electron chi connectivity index (χ3n) is 3.05. The fourth-order valence-corrected chi connectivity index (χ4v) is 2.57. The van der Waals surface area contributed by atoms with Crippen LogP contribution in [0.5, 0.6) is 5.75 Å². The second-order valence-electron chi connectivity index (χ2n) is 5.47. The minimum Gasteiger partial charge on any atom is -0.487 e. The number of carbonyl (C=O) groups excluding carboxylic acids is 1. The van der Waals surface area contributed by atoms with Crippen molar-refractivity contribution in [3.8, 4) is 5.75 Å². The number of carbonyl (C=O) groups is 1. The monoisotopic (exact) mass is 267 g/mol. The highest BCUT2D eigenvalue weighted by molar-refractivity contribution is 6.31. The normalized spacial score (nSPS) is 17.8. The van der Waals surface area contributed by atoms with E-state index in [-0.39, 0.29) is 11.5 Å². The van der Waals surface area contributed by atoms with E-state index in [0.717, 1.165) is 23.3 Å². The van der Waals surface area contributed by atoms with E-state index in [2.05, 4.69) is 0 Å². The van der Waals surface area contributed by atoms with E-state index in [4.69, 9.17) is 16.3 Å². The first-order chi connectivity index (χ1) is 8.32. The molecule has 0 spiro atoms. The molecule has 0 aromatic heterocycles. The van der Waals surface area contributed by atoms with Crippen LogP contribution in [0, 0.1) is 0 Å². The molecular formula is C14H18ClNO2. The molecule has 0 saturated heterocycles. The number of hydrogen-bond acceptors (Lipinski definition) is 2. The van der Waals surface area contributed by atoms with Gasteiger partial charge >= 0.3 is 0 Å². The molecule has 0 N–H and O–H groups in total. The minimum atomic E-state index is -0.691. The van der Waals surface area contributed by atoms with Gasteiger partial charge in [0.05, 0.1) is 0 Å². The molecule has 1 aromatic carbocycles. The molecule has 1 heterocycles. The Morgan fingerprint density at radius 1 is 1.44 bits per heavy atom. The van der Waals surface area contributed by atoms with Crippen molar-refractivity contribution >= 4 is 17.5 Å². The molecule has 1 unspecified atom stereocenters. The lowest BCUT2D eigenvalue weighted by Gasteiger charge is -2.20. The predicted molar refractivity (Wildman–Crippen MR) is 72.1 cm³/mol. The molecule has 0 radical (unpaired) electrons. The Hall–Kier alpha value is -1.22. The molecule has 3 nitrogen and oxygen atoms in total. The fraction of sp³-hybridized carbons (Fsp3) is 0.500. The summed E-state index contributed by atoms with van der Waals surface area (Å²) in [5.74, 6) is 0.649. The summed E-state index contributed by atoms with van der Waals surface area (Å²) in [7, 11) is 3.40. The number of benzene rings is 1. The number of halogens is 1. The van der Waals surface area contributed by atoms with E-state index in [1.165, 1.54) is 4.90 Å². The molecule has 1 aromatic rings. The van der Waals surface area contributed by atoms with Crippen LogP contribution in [0.15, 0.2) is 18.2 Å². The van der Waals surface area contributed by atoms with E-state index in [9.17, 15) is 4.79 Å². The van der Waals surface area contributed by atoms with E-state index in [0.29, 0.717) is 0 Å². The minimum absolute atomic E-state index is 0.127. The van der Waals surface area contributed by atoms with E-state index in [1.54, 1.807) is 14.1 Å². The first-order valence-corrected chi connectivity index (χ1v) is 6.41. The Bertz CT molecular complexity index is 483. The molecule has 1 atom stereocenters. The number of likely N-dealkylation sites (N-methyl/N-ethyl adjacent to an activating group) is 1. The van der Waals surface area contributed by atoms with Gasteiger partial charge in [0.25, 0.3) is 0 Å². The zero-order valence-electron chi connectivity index (χ0n) is 11.2. The summed E-state index contributed by atoms with van der Waals surface area (Å²) in [6.45, 7) is 4.07. The second-order valence-corrected chi connectivity index (χ2v) is 5.91. The third kappa shape index (κ3) is 2.32. The summed E-state index contributed by atoms with van der Waals surface area (Å²) in [6, 6.07) is 5.81. The van der Waals surface area contributed by atoms with Crippen molar-refractivity contribution < 1.29 is 9.53 Å². The average Bonchev–Trinajstić information content (AvgIpc) is 2.60. The van der Waals surface area contributed by atoms with Gasteiger partial charge in [-0.25, -0.2) is 0 Å². The largest absolute Gasteiger partial charge is 0.487 e. The number of hydrogen-bond donors (Lipinski definition) is 0. The van der Waals surface area contributed by atoms with Crippen LogP contribution in [0.3, 0.4) is 0 Å². The summed E-state index contributed by atoms with van der Waals surface area (Å²) in [4.78, 5) is 13.4. The Kier molecular flexibility index (Phi) is 3.28. The number of para-hydroxylation sites is 1. The van der Waals surface area contributed by atoms with E-state index < -0.39 is 5.38 Å². The maximum Gasteiger partial charge on any atom is 0.244 e. The molecule has 0 fully saturated rings. The number of ether oxygens (including phenoxy) is 1. The molecule has 18 heavy (non-hydrogen) atoms. The first-order valence-electron chi connectivity index (χ1n) is 5.98. The highest BCUT2D eigenvalue weighted by Crippen LogP contribution is 2.41. The molecular weight excluding hydrogens is 250 g/mol. The van der Waals surface area contributed by atoms with E-state index in [1.807, 2.05) is 32.0 Å². The van der Waals surface area contributed by atoms with Crippen molar-refractivity contribution in [1.82, 2.24) is 4.90 Å². The lowest BCUT2D eigenvalue weighted by molar-refractivity contribution is -0.128. The van der Waals surface area contributed by atoms with Crippen LogP contribution >= 0.6 is 11.6 Å². The molecule has 1 aliphatic rings. The molecule has 2 rings (SSSR count). The molecule has 98 valence electrons. The number of rotatable bonds is 2. The first kappa shape index (κ1) is 13.2. The third-order valence-corrected chi connectivity index (χ3v) is 3.47. The van der Waals surface area contributed by atoms with Gasteiger partial charge < -0.3 is 9.64 Å². The molecule has 0 saturated carbocycles. The quantitative estimate of drug-likeness (QED) is 0.771. The summed E-state index contributed by atoms with van der Waals surface area (Å²) >= 11 is 6.26. The molecule has 1 aliphatic heterocycles. The highest BCUT2D eigenvalue weighted by atomic mass is 35.5. The van der Waals surface area contributed by atoms with Crippen LogP contribution in [0.2, 0.25) is 0 Å². The zero-order chi connectivity index (χ0) is 13.5. The van der Waals surface area contributed by atoms with Crippen LogP contribution < -0.4 is 4.74 Å². The molecule has 0 bridgehead atoms. The standard InChI is InChI=1S/C14H18ClNO2/c1-14(2)8-9-6-5-7-10(12(9)18-14)11(15)13(17)16(3)4/h5-7,11H,8H2,1-4H3. The Labute approximate surface area is 113 Å². The molecule has 4 heteroatoms. The Morgan fingerprint density at radius 2 is 2.11 bits per heavy atom. The summed E-state index contributed by atoms with van der Waals surface area (Å²) in [5, 5.41) is -0.691. The van der Waals surface area contributed by atoms with Crippen molar-refractivity contribution in [2.45, 2.75) is 31.2 Å². The maximum atomic E-state index is 11.9. The fourth-order valence-electron chi connectivity index (χ4n) is 2.20. The smallest absolute Gasteiger partial charge is 0.244 e. The number of alkyl halides is 1. The predicted octanol–water partition coefficient (Wildman–Crippen LogP) is 2.77. The number of fused-ring (bicyclic) bond motifs is 1. The van der Waals surface area contributed by atoms with Crippen molar-refractivity contribution in [1.29, 1.82) is 0 Å². The van der Waals surface area contributed by atoms with Gasteiger partial charge in [-0.15, -0.1) is 11.6 Å². The maximum absolute atomic E-state index is 11.9.